The molecule has 2 atom stereocenters. The number of halogens is 2. The smallest absolute Gasteiger partial charge is 0.260 e. The van der Waals surface area contributed by atoms with Gasteiger partial charge >= 0.3 is 0 Å². The molecule has 2 unspecified atom stereocenters. The molecule has 0 spiro atoms. The Morgan fingerprint density at radius 1 is 1.15 bits per heavy atom. The molecule has 0 bridgehead atoms. The van der Waals surface area contributed by atoms with Gasteiger partial charge in [0.1, 0.15) is 11.4 Å². The highest BCUT2D eigenvalue weighted by molar-refractivity contribution is 5.77. The Bertz CT molecular complexity index is 806. The molecule has 0 amide bonds. The van der Waals surface area contributed by atoms with E-state index in [4.69, 9.17) is 4.74 Å². The summed E-state index contributed by atoms with van der Waals surface area (Å²) in [6.45, 7) is 0. The first-order valence-electron chi connectivity index (χ1n) is 9.43. The summed E-state index contributed by atoms with van der Waals surface area (Å²) in [7, 11) is 1.53. The monoisotopic (exact) mass is 362 g/mol. The topological polar surface area (TPSA) is 55.2 Å². The molecule has 2 aromatic rings. The third kappa shape index (κ3) is 3.10. The number of ether oxygens (including phenoxy) is 1. The van der Waals surface area contributed by atoms with Crippen molar-refractivity contribution >= 4 is 11.0 Å². The third-order valence-corrected chi connectivity index (χ3v) is 5.98. The largest absolute Gasteiger partial charge is 0.497 e. The van der Waals surface area contributed by atoms with E-state index in [1.165, 1.54) is 32.8 Å². The first-order chi connectivity index (χ1) is 12.5. The molecule has 2 saturated carbocycles. The number of aromatic nitrogens is 2. The second kappa shape index (κ2) is 6.63. The number of aromatic hydroxyl groups is 1. The van der Waals surface area contributed by atoms with Crippen LogP contribution in [0.5, 0.6) is 11.6 Å². The number of hydrogen-bond donors (Lipinski definition) is 1. The average molecular weight is 362 g/mol. The number of hydrogen-bond acceptors (Lipinski definition) is 4. The van der Waals surface area contributed by atoms with Crippen molar-refractivity contribution in [2.24, 2.45) is 11.8 Å². The van der Waals surface area contributed by atoms with E-state index in [2.05, 4.69) is 9.97 Å². The fourth-order valence-electron chi connectivity index (χ4n) is 4.42. The third-order valence-electron chi connectivity index (χ3n) is 5.98. The zero-order valence-electron chi connectivity index (χ0n) is 14.9. The van der Waals surface area contributed by atoms with Gasteiger partial charge in [0.2, 0.25) is 5.88 Å². The van der Waals surface area contributed by atoms with Gasteiger partial charge in [0.15, 0.2) is 0 Å². The van der Waals surface area contributed by atoms with E-state index in [0.29, 0.717) is 29.1 Å². The fraction of sp³-hybridized carbons (Fsp3) is 0.600. The minimum absolute atomic E-state index is 0.0264. The molecule has 140 valence electrons. The van der Waals surface area contributed by atoms with Gasteiger partial charge < -0.3 is 9.84 Å². The van der Waals surface area contributed by atoms with Crippen LogP contribution in [-0.4, -0.2) is 28.1 Å². The summed E-state index contributed by atoms with van der Waals surface area (Å²) in [5, 5.41) is 10.2. The molecule has 0 aliphatic heterocycles. The van der Waals surface area contributed by atoms with Crippen molar-refractivity contribution in [1.29, 1.82) is 0 Å². The number of benzene rings is 1. The summed E-state index contributed by atoms with van der Waals surface area (Å²) in [5.74, 6) is -3.66. The van der Waals surface area contributed by atoms with Gasteiger partial charge in [-0.1, -0.05) is 38.5 Å². The van der Waals surface area contributed by atoms with Crippen LogP contribution >= 0.6 is 0 Å². The van der Waals surface area contributed by atoms with E-state index in [9.17, 15) is 13.9 Å². The molecule has 1 heterocycles. The summed E-state index contributed by atoms with van der Waals surface area (Å²) >= 11 is 0. The lowest BCUT2D eigenvalue weighted by atomic mass is 9.99. The lowest BCUT2D eigenvalue weighted by molar-refractivity contribution is 0.0901. The number of nitrogens with zero attached hydrogens (tertiary/aromatic N) is 2. The Balaban J connectivity index is 1.49. The second-order valence-electron chi connectivity index (χ2n) is 7.63. The van der Waals surface area contributed by atoms with Gasteiger partial charge in [-0.3, -0.25) is 0 Å². The van der Waals surface area contributed by atoms with Gasteiger partial charge in [-0.2, -0.15) is 0 Å². The van der Waals surface area contributed by atoms with E-state index in [-0.39, 0.29) is 5.69 Å². The van der Waals surface area contributed by atoms with E-state index in [0.717, 1.165) is 12.8 Å². The van der Waals surface area contributed by atoms with Gasteiger partial charge in [0.05, 0.1) is 24.1 Å². The molecule has 2 aliphatic rings. The van der Waals surface area contributed by atoms with E-state index in [1.807, 2.05) is 0 Å². The van der Waals surface area contributed by atoms with Crippen LogP contribution in [0.1, 0.15) is 56.6 Å². The maximum Gasteiger partial charge on any atom is 0.260 e. The van der Waals surface area contributed by atoms with Gasteiger partial charge in [-0.05, 0) is 24.5 Å². The molecule has 2 aliphatic carbocycles. The summed E-state index contributed by atoms with van der Waals surface area (Å²) < 4.78 is 33.8. The molecule has 1 aromatic heterocycles. The minimum Gasteiger partial charge on any atom is -0.497 e. The summed E-state index contributed by atoms with van der Waals surface area (Å²) in [6, 6.07) is 5.03. The first kappa shape index (κ1) is 17.4. The average Bonchev–Trinajstić information content (AvgIpc) is 2.98. The highest BCUT2D eigenvalue weighted by Gasteiger charge is 2.69. The molecule has 6 heteroatoms. The van der Waals surface area contributed by atoms with E-state index in [1.54, 1.807) is 18.2 Å². The van der Waals surface area contributed by atoms with Crippen molar-refractivity contribution < 1.29 is 18.6 Å². The van der Waals surface area contributed by atoms with Crippen LogP contribution in [0.3, 0.4) is 0 Å². The Morgan fingerprint density at radius 2 is 1.92 bits per heavy atom. The van der Waals surface area contributed by atoms with Crippen molar-refractivity contribution in [3.63, 3.8) is 0 Å². The SMILES string of the molecule is COc1ccc2nc(C3C(CCCC4CCCC4)C3(F)F)c(O)nc2c1. The van der Waals surface area contributed by atoms with Crippen molar-refractivity contribution in [3.05, 3.63) is 23.9 Å². The Labute approximate surface area is 151 Å². The predicted octanol–water partition coefficient (Wildman–Crippen LogP) is 5.05. The van der Waals surface area contributed by atoms with Crippen molar-refractivity contribution in [3.8, 4) is 11.6 Å². The fourth-order valence-corrected chi connectivity index (χ4v) is 4.42. The molecule has 4 rings (SSSR count). The number of rotatable bonds is 6. The molecular weight excluding hydrogens is 338 g/mol. The second-order valence-corrected chi connectivity index (χ2v) is 7.63. The highest BCUT2D eigenvalue weighted by Crippen LogP contribution is 2.64. The van der Waals surface area contributed by atoms with Gasteiger partial charge in [0, 0.05) is 12.0 Å². The molecule has 0 radical (unpaired) electrons. The van der Waals surface area contributed by atoms with Gasteiger partial charge in [-0.15, -0.1) is 0 Å². The number of methoxy groups -OCH3 is 1. The Kier molecular flexibility index (Phi) is 4.45. The van der Waals surface area contributed by atoms with Crippen LogP contribution in [0, 0.1) is 11.8 Å². The molecule has 4 nitrogen and oxygen atoms in total. The van der Waals surface area contributed by atoms with E-state index >= 15 is 0 Å². The van der Waals surface area contributed by atoms with Crippen LogP contribution in [0.25, 0.3) is 11.0 Å². The highest BCUT2D eigenvalue weighted by atomic mass is 19.3. The minimum atomic E-state index is -2.80. The van der Waals surface area contributed by atoms with Gasteiger partial charge in [0.25, 0.3) is 5.92 Å². The van der Waals surface area contributed by atoms with E-state index < -0.39 is 23.6 Å². The predicted molar refractivity (Wildman–Crippen MR) is 94.7 cm³/mol. The molecule has 2 fully saturated rings. The Hall–Kier alpha value is -1.98. The lowest BCUT2D eigenvalue weighted by Crippen LogP contribution is -1.99. The molecule has 26 heavy (non-hydrogen) atoms. The van der Waals surface area contributed by atoms with Crippen LogP contribution < -0.4 is 4.74 Å². The van der Waals surface area contributed by atoms with Crippen LogP contribution in [0.15, 0.2) is 18.2 Å². The quantitative estimate of drug-likeness (QED) is 0.781. The van der Waals surface area contributed by atoms with Crippen molar-refractivity contribution in [2.75, 3.05) is 7.11 Å². The zero-order chi connectivity index (χ0) is 18.3. The molecule has 0 saturated heterocycles. The molecular formula is C20H24F2N2O2. The number of alkyl halides is 2. The first-order valence-corrected chi connectivity index (χ1v) is 9.43. The molecule has 1 aromatic carbocycles. The lowest BCUT2D eigenvalue weighted by Gasteiger charge is -2.08. The van der Waals surface area contributed by atoms with Gasteiger partial charge in [-0.25, -0.2) is 18.7 Å². The summed E-state index contributed by atoms with van der Waals surface area (Å²) in [4.78, 5) is 8.36. The molecule has 1 N–H and O–H groups in total. The van der Waals surface area contributed by atoms with Crippen molar-refractivity contribution in [2.45, 2.75) is 56.8 Å². The van der Waals surface area contributed by atoms with Crippen LogP contribution in [0.2, 0.25) is 0 Å². The maximum atomic E-state index is 14.3. The number of fused-ring (bicyclic) bond motifs is 1. The summed E-state index contributed by atoms with van der Waals surface area (Å²) in [6.07, 6.45) is 7.37. The Morgan fingerprint density at radius 3 is 2.65 bits per heavy atom. The van der Waals surface area contributed by atoms with Crippen LogP contribution in [-0.2, 0) is 0 Å². The van der Waals surface area contributed by atoms with Crippen LogP contribution in [0.4, 0.5) is 8.78 Å². The van der Waals surface area contributed by atoms with Crippen molar-refractivity contribution in [1.82, 2.24) is 9.97 Å². The standard InChI is InChI=1S/C20H24F2N2O2/c1-26-13-9-10-15-16(11-13)24-19(25)18(23-15)17-14(20(17,21)22)8-4-7-12-5-2-3-6-12/h9-12,14,17H,2-8H2,1H3,(H,24,25). The zero-order valence-corrected chi connectivity index (χ0v) is 14.9. The maximum absolute atomic E-state index is 14.3. The summed E-state index contributed by atoms with van der Waals surface area (Å²) in [5.41, 5.74) is 0.955. The normalized spacial score (nSPS) is 24.9.